The van der Waals surface area contributed by atoms with Gasteiger partial charge in [-0.25, -0.2) is 0 Å². The lowest BCUT2D eigenvalue weighted by Gasteiger charge is -2.14. The fraction of sp³-hybridized carbons (Fsp3) is 0.111. The zero-order valence-electron chi connectivity index (χ0n) is 12.5. The van der Waals surface area contributed by atoms with Crippen LogP contribution in [-0.2, 0) is 11.3 Å². The molecular formula is C18H14ClNOS2. The minimum Gasteiger partial charge on any atom is -0.288 e. The summed E-state index contributed by atoms with van der Waals surface area (Å²) in [6.07, 6.45) is 0. The van der Waals surface area contributed by atoms with Crippen molar-refractivity contribution in [3.05, 3.63) is 75.7 Å². The molecule has 2 aromatic carbocycles. The van der Waals surface area contributed by atoms with Gasteiger partial charge in [-0.05, 0) is 35.8 Å². The SMILES string of the molecule is C/C(=C1/SC(=S)N(Cc2ccccc2)C1=O)c1ccc(Cl)cc1. The molecule has 0 saturated carbocycles. The molecule has 3 rings (SSSR count). The molecule has 1 aliphatic heterocycles. The predicted octanol–water partition coefficient (Wildman–Crippen LogP) is 5.13. The van der Waals surface area contributed by atoms with Crippen molar-refractivity contribution >= 4 is 51.4 Å². The Morgan fingerprint density at radius 1 is 1.13 bits per heavy atom. The Labute approximate surface area is 150 Å². The van der Waals surface area contributed by atoms with Crippen LogP contribution in [0.5, 0.6) is 0 Å². The van der Waals surface area contributed by atoms with Crippen LogP contribution in [0.3, 0.4) is 0 Å². The number of benzene rings is 2. The van der Waals surface area contributed by atoms with Crippen molar-refractivity contribution in [1.82, 2.24) is 4.90 Å². The summed E-state index contributed by atoms with van der Waals surface area (Å²) in [5.74, 6) is -0.0312. The molecule has 1 aliphatic rings. The molecule has 1 amide bonds. The van der Waals surface area contributed by atoms with Crippen molar-refractivity contribution in [3.63, 3.8) is 0 Å². The lowest BCUT2D eigenvalue weighted by atomic mass is 10.1. The first kappa shape index (κ1) is 16.2. The van der Waals surface area contributed by atoms with Gasteiger partial charge in [0.1, 0.15) is 4.32 Å². The van der Waals surface area contributed by atoms with Crippen LogP contribution in [0, 0.1) is 0 Å². The normalized spacial score (nSPS) is 16.9. The number of thiocarbonyl (C=S) groups is 1. The van der Waals surface area contributed by atoms with Gasteiger partial charge in [0, 0.05) is 5.02 Å². The largest absolute Gasteiger partial charge is 0.288 e. The van der Waals surface area contributed by atoms with Crippen molar-refractivity contribution in [2.45, 2.75) is 13.5 Å². The van der Waals surface area contributed by atoms with Gasteiger partial charge in [-0.2, -0.15) is 0 Å². The first-order chi connectivity index (χ1) is 11.1. The number of allylic oxidation sites excluding steroid dienone is 1. The van der Waals surface area contributed by atoms with E-state index in [4.69, 9.17) is 23.8 Å². The van der Waals surface area contributed by atoms with Crippen molar-refractivity contribution < 1.29 is 4.79 Å². The summed E-state index contributed by atoms with van der Waals surface area (Å²) >= 11 is 12.7. The Morgan fingerprint density at radius 2 is 1.78 bits per heavy atom. The van der Waals surface area contributed by atoms with Crippen LogP contribution >= 0.6 is 35.6 Å². The standard InChI is InChI=1S/C18H14ClNOS2/c1-12(14-7-9-15(19)10-8-14)16-17(21)20(18(22)23-16)11-13-5-3-2-4-6-13/h2-10H,11H2,1H3/b16-12-. The van der Waals surface area contributed by atoms with E-state index in [1.807, 2.05) is 61.5 Å². The van der Waals surface area contributed by atoms with Crippen LogP contribution in [0.2, 0.25) is 5.02 Å². The molecular weight excluding hydrogens is 346 g/mol. The molecule has 5 heteroatoms. The Kier molecular flexibility index (Phi) is 4.85. The third kappa shape index (κ3) is 3.50. The van der Waals surface area contributed by atoms with E-state index in [9.17, 15) is 4.79 Å². The number of amides is 1. The van der Waals surface area contributed by atoms with Crippen molar-refractivity contribution in [2.75, 3.05) is 0 Å². The van der Waals surface area contributed by atoms with Gasteiger partial charge in [0.15, 0.2) is 0 Å². The number of thioether (sulfide) groups is 1. The van der Waals surface area contributed by atoms with Crippen molar-refractivity contribution in [1.29, 1.82) is 0 Å². The maximum absolute atomic E-state index is 12.7. The van der Waals surface area contributed by atoms with E-state index >= 15 is 0 Å². The lowest BCUT2D eigenvalue weighted by molar-refractivity contribution is -0.122. The maximum Gasteiger partial charge on any atom is 0.266 e. The van der Waals surface area contributed by atoms with Gasteiger partial charge in [-0.3, -0.25) is 9.69 Å². The third-order valence-electron chi connectivity index (χ3n) is 3.65. The lowest BCUT2D eigenvalue weighted by Crippen LogP contribution is -2.27. The minimum absolute atomic E-state index is 0.0312. The molecule has 0 bridgehead atoms. The number of hydrogen-bond acceptors (Lipinski definition) is 3. The van der Waals surface area contributed by atoms with Gasteiger partial charge in [0.2, 0.25) is 0 Å². The molecule has 1 fully saturated rings. The van der Waals surface area contributed by atoms with Gasteiger partial charge in [0.05, 0.1) is 11.4 Å². The fourth-order valence-electron chi connectivity index (χ4n) is 2.36. The van der Waals surface area contributed by atoms with Gasteiger partial charge < -0.3 is 0 Å². The quantitative estimate of drug-likeness (QED) is 0.559. The van der Waals surface area contributed by atoms with E-state index in [1.165, 1.54) is 11.8 Å². The van der Waals surface area contributed by atoms with E-state index in [2.05, 4.69) is 0 Å². The predicted molar refractivity (Wildman–Crippen MR) is 101 cm³/mol. The summed E-state index contributed by atoms with van der Waals surface area (Å²) in [6.45, 7) is 2.45. The topological polar surface area (TPSA) is 20.3 Å². The van der Waals surface area contributed by atoms with E-state index < -0.39 is 0 Å². The minimum atomic E-state index is -0.0312. The summed E-state index contributed by atoms with van der Waals surface area (Å²) < 4.78 is 0.599. The molecule has 0 atom stereocenters. The van der Waals surface area contributed by atoms with Crippen molar-refractivity contribution in [2.24, 2.45) is 0 Å². The smallest absolute Gasteiger partial charge is 0.266 e. The van der Waals surface area contributed by atoms with Crippen LogP contribution in [0.1, 0.15) is 18.1 Å². The van der Waals surface area contributed by atoms with Gasteiger partial charge in [-0.1, -0.05) is 78.0 Å². The highest BCUT2D eigenvalue weighted by Gasteiger charge is 2.33. The highest BCUT2D eigenvalue weighted by Crippen LogP contribution is 2.37. The second kappa shape index (κ2) is 6.87. The summed E-state index contributed by atoms with van der Waals surface area (Å²) in [4.78, 5) is 15.1. The molecule has 1 saturated heterocycles. The zero-order valence-corrected chi connectivity index (χ0v) is 14.8. The van der Waals surface area contributed by atoms with Gasteiger partial charge in [-0.15, -0.1) is 0 Å². The van der Waals surface area contributed by atoms with E-state index in [0.29, 0.717) is 20.8 Å². The van der Waals surface area contributed by atoms with E-state index in [1.54, 1.807) is 4.90 Å². The first-order valence-electron chi connectivity index (χ1n) is 7.10. The van der Waals surface area contributed by atoms with Gasteiger partial charge in [0.25, 0.3) is 5.91 Å². The average molecular weight is 360 g/mol. The van der Waals surface area contributed by atoms with Crippen LogP contribution in [0.4, 0.5) is 0 Å². The first-order valence-corrected chi connectivity index (χ1v) is 8.71. The second-order valence-corrected chi connectivity index (χ2v) is 7.29. The molecule has 116 valence electrons. The molecule has 0 spiro atoms. The molecule has 1 heterocycles. The average Bonchev–Trinajstić information content (AvgIpc) is 2.84. The number of rotatable bonds is 3. The molecule has 0 aromatic heterocycles. The molecule has 2 nitrogen and oxygen atoms in total. The third-order valence-corrected chi connectivity index (χ3v) is 5.45. The zero-order chi connectivity index (χ0) is 16.4. The van der Waals surface area contributed by atoms with E-state index in [0.717, 1.165) is 16.7 Å². The Hall–Kier alpha value is -1.62. The number of carbonyl (C=O) groups excluding carboxylic acids is 1. The molecule has 0 N–H and O–H groups in total. The van der Waals surface area contributed by atoms with Crippen molar-refractivity contribution in [3.8, 4) is 0 Å². The van der Waals surface area contributed by atoms with Gasteiger partial charge >= 0.3 is 0 Å². The van der Waals surface area contributed by atoms with Crippen LogP contribution < -0.4 is 0 Å². The summed E-state index contributed by atoms with van der Waals surface area (Å²) in [5, 5.41) is 0.679. The molecule has 2 aromatic rings. The monoisotopic (exact) mass is 359 g/mol. The molecule has 23 heavy (non-hydrogen) atoms. The summed E-state index contributed by atoms with van der Waals surface area (Å²) in [6, 6.07) is 17.4. The number of nitrogens with zero attached hydrogens (tertiary/aromatic N) is 1. The number of hydrogen-bond donors (Lipinski definition) is 0. The summed E-state index contributed by atoms with van der Waals surface area (Å²) in [5.41, 5.74) is 2.97. The van der Waals surface area contributed by atoms with Crippen LogP contribution in [0.15, 0.2) is 59.5 Å². The Morgan fingerprint density at radius 3 is 2.43 bits per heavy atom. The highest BCUT2D eigenvalue weighted by molar-refractivity contribution is 8.26. The molecule has 0 aliphatic carbocycles. The maximum atomic E-state index is 12.7. The van der Waals surface area contributed by atoms with E-state index in [-0.39, 0.29) is 5.91 Å². The fourth-order valence-corrected chi connectivity index (χ4v) is 3.79. The number of carbonyl (C=O) groups is 1. The Bertz CT molecular complexity index is 784. The summed E-state index contributed by atoms with van der Waals surface area (Å²) in [7, 11) is 0. The molecule has 0 unspecified atom stereocenters. The number of halogens is 1. The van der Waals surface area contributed by atoms with Crippen LogP contribution in [-0.4, -0.2) is 15.1 Å². The highest BCUT2D eigenvalue weighted by atomic mass is 35.5. The second-order valence-electron chi connectivity index (χ2n) is 5.21. The Balaban J connectivity index is 1.88. The molecule has 0 radical (unpaired) electrons. The van der Waals surface area contributed by atoms with Crippen LogP contribution in [0.25, 0.3) is 5.57 Å².